The average molecular weight is 342 g/mol. The Morgan fingerprint density at radius 3 is 2.72 bits per heavy atom. The Morgan fingerprint density at radius 1 is 1.24 bits per heavy atom. The molecule has 2 heterocycles. The monoisotopic (exact) mass is 342 g/mol. The van der Waals surface area contributed by atoms with Crippen LogP contribution < -0.4 is 10.2 Å². The molecule has 1 fully saturated rings. The number of aromatic nitrogens is 2. The van der Waals surface area contributed by atoms with Crippen molar-refractivity contribution in [1.82, 2.24) is 19.8 Å². The van der Waals surface area contributed by atoms with Crippen LogP contribution in [0.4, 0.5) is 5.69 Å². The molecule has 0 atom stereocenters. The van der Waals surface area contributed by atoms with E-state index in [1.165, 1.54) is 0 Å². The van der Waals surface area contributed by atoms with Gasteiger partial charge in [0, 0.05) is 51.7 Å². The van der Waals surface area contributed by atoms with Crippen LogP contribution in [0.25, 0.3) is 0 Å². The SMILES string of the molecule is CCNC(=NCCn1ccnc1)N1CCN(c2ccccc2O)CC1. The second-order valence-electron chi connectivity index (χ2n) is 6.00. The standard InChI is InChI=1S/C18H26N6O/c1-2-20-18(21-8-10-22-9-7-19-15-22)24-13-11-23(12-14-24)16-5-3-4-6-17(16)25/h3-7,9,15,25H,2,8,10-14H2,1H3,(H,20,21). The summed E-state index contributed by atoms with van der Waals surface area (Å²) in [5.41, 5.74) is 0.907. The van der Waals surface area contributed by atoms with Crippen LogP contribution >= 0.6 is 0 Å². The van der Waals surface area contributed by atoms with Crippen molar-refractivity contribution in [2.45, 2.75) is 13.5 Å². The molecule has 0 unspecified atom stereocenters. The van der Waals surface area contributed by atoms with Gasteiger partial charge in [-0.2, -0.15) is 0 Å². The van der Waals surface area contributed by atoms with Crippen LogP contribution in [0.2, 0.25) is 0 Å². The summed E-state index contributed by atoms with van der Waals surface area (Å²) in [7, 11) is 0. The third-order valence-corrected chi connectivity index (χ3v) is 4.32. The first-order valence-electron chi connectivity index (χ1n) is 8.80. The summed E-state index contributed by atoms with van der Waals surface area (Å²) in [6.07, 6.45) is 5.55. The van der Waals surface area contributed by atoms with Crippen LogP contribution in [0.5, 0.6) is 5.75 Å². The average Bonchev–Trinajstić information content (AvgIpc) is 3.15. The van der Waals surface area contributed by atoms with Crippen LogP contribution in [0, 0.1) is 0 Å². The largest absolute Gasteiger partial charge is 0.506 e. The van der Waals surface area contributed by atoms with Crippen LogP contribution in [-0.4, -0.2) is 64.8 Å². The van der Waals surface area contributed by atoms with E-state index in [0.29, 0.717) is 5.75 Å². The summed E-state index contributed by atoms with van der Waals surface area (Å²) in [5.74, 6) is 1.30. The zero-order valence-corrected chi connectivity index (χ0v) is 14.7. The molecule has 2 N–H and O–H groups in total. The number of benzene rings is 1. The Kier molecular flexibility index (Phi) is 5.77. The Morgan fingerprint density at radius 2 is 2.04 bits per heavy atom. The molecular formula is C18H26N6O. The van der Waals surface area contributed by atoms with E-state index in [0.717, 1.165) is 57.5 Å². The third-order valence-electron chi connectivity index (χ3n) is 4.32. The van der Waals surface area contributed by atoms with Gasteiger partial charge in [-0.25, -0.2) is 4.98 Å². The second kappa shape index (κ2) is 8.41. The van der Waals surface area contributed by atoms with E-state index in [1.54, 1.807) is 12.3 Å². The molecule has 0 amide bonds. The molecule has 134 valence electrons. The van der Waals surface area contributed by atoms with Gasteiger partial charge < -0.3 is 24.8 Å². The first-order chi connectivity index (χ1) is 12.3. The first-order valence-corrected chi connectivity index (χ1v) is 8.80. The topological polar surface area (TPSA) is 68.9 Å². The summed E-state index contributed by atoms with van der Waals surface area (Å²) in [5, 5.41) is 13.4. The number of aromatic hydroxyl groups is 1. The minimum absolute atomic E-state index is 0.344. The lowest BCUT2D eigenvalue weighted by Gasteiger charge is -2.37. The van der Waals surface area contributed by atoms with Gasteiger partial charge in [0.25, 0.3) is 0 Å². The Balaban J connectivity index is 1.57. The van der Waals surface area contributed by atoms with E-state index in [2.05, 4.69) is 27.0 Å². The molecule has 7 nitrogen and oxygen atoms in total. The fraction of sp³-hybridized carbons (Fsp3) is 0.444. The van der Waals surface area contributed by atoms with Crippen molar-refractivity contribution < 1.29 is 5.11 Å². The van der Waals surface area contributed by atoms with Gasteiger partial charge in [0.2, 0.25) is 0 Å². The summed E-state index contributed by atoms with van der Waals surface area (Å²) in [6.45, 7) is 7.97. The number of phenols is 1. The Bertz CT molecular complexity index is 677. The van der Waals surface area contributed by atoms with Gasteiger partial charge >= 0.3 is 0 Å². The van der Waals surface area contributed by atoms with Crippen LogP contribution in [0.1, 0.15) is 6.92 Å². The van der Waals surface area contributed by atoms with Gasteiger partial charge in [0.15, 0.2) is 5.96 Å². The quantitative estimate of drug-likeness (QED) is 0.635. The van der Waals surface area contributed by atoms with Crippen molar-refractivity contribution in [3.05, 3.63) is 43.0 Å². The summed E-state index contributed by atoms with van der Waals surface area (Å²) in [6, 6.07) is 7.52. The van der Waals surface area contributed by atoms with Crippen molar-refractivity contribution in [3.8, 4) is 5.75 Å². The van der Waals surface area contributed by atoms with E-state index in [4.69, 9.17) is 4.99 Å². The number of para-hydroxylation sites is 2. The normalized spacial score (nSPS) is 15.5. The Labute approximate surface area is 148 Å². The van der Waals surface area contributed by atoms with Crippen molar-refractivity contribution in [2.75, 3.05) is 44.2 Å². The molecule has 1 saturated heterocycles. The minimum Gasteiger partial charge on any atom is -0.506 e. The zero-order chi connectivity index (χ0) is 17.5. The highest BCUT2D eigenvalue weighted by Gasteiger charge is 2.21. The summed E-state index contributed by atoms with van der Waals surface area (Å²) < 4.78 is 2.03. The van der Waals surface area contributed by atoms with E-state index in [-0.39, 0.29) is 0 Å². The van der Waals surface area contributed by atoms with Crippen LogP contribution in [-0.2, 0) is 6.54 Å². The van der Waals surface area contributed by atoms with Gasteiger partial charge in [-0.1, -0.05) is 12.1 Å². The van der Waals surface area contributed by atoms with Gasteiger partial charge in [-0.05, 0) is 19.1 Å². The maximum atomic E-state index is 10.0. The summed E-state index contributed by atoms with van der Waals surface area (Å²) >= 11 is 0. The van der Waals surface area contributed by atoms with Gasteiger partial charge in [-0.15, -0.1) is 0 Å². The van der Waals surface area contributed by atoms with Crippen LogP contribution in [0.15, 0.2) is 48.0 Å². The number of rotatable bonds is 5. The molecule has 0 aliphatic carbocycles. The molecule has 0 saturated carbocycles. The molecule has 0 bridgehead atoms. The molecule has 3 rings (SSSR count). The van der Waals surface area contributed by atoms with Crippen molar-refractivity contribution in [2.24, 2.45) is 4.99 Å². The van der Waals surface area contributed by atoms with Gasteiger partial charge in [0.05, 0.1) is 18.6 Å². The highest BCUT2D eigenvalue weighted by molar-refractivity contribution is 5.80. The first kappa shape index (κ1) is 17.1. The van der Waals surface area contributed by atoms with E-state index in [9.17, 15) is 5.11 Å². The molecule has 0 spiro atoms. The third kappa shape index (κ3) is 4.43. The number of imidazole rings is 1. The number of nitrogens with one attached hydrogen (secondary N) is 1. The molecule has 2 aromatic rings. The number of hydrogen-bond acceptors (Lipinski definition) is 4. The molecule has 1 aromatic heterocycles. The molecule has 1 aliphatic heterocycles. The molecule has 0 radical (unpaired) electrons. The fourth-order valence-corrected chi connectivity index (χ4v) is 3.01. The number of anilines is 1. The zero-order valence-electron chi connectivity index (χ0n) is 14.7. The molecule has 1 aliphatic rings. The van der Waals surface area contributed by atoms with E-state index in [1.807, 2.05) is 35.3 Å². The fourth-order valence-electron chi connectivity index (χ4n) is 3.01. The summed E-state index contributed by atoms with van der Waals surface area (Å²) in [4.78, 5) is 13.3. The number of nitrogens with zero attached hydrogens (tertiary/aromatic N) is 5. The Hall–Kier alpha value is -2.70. The lowest BCUT2D eigenvalue weighted by Crippen LogP contribution is -2.52. The van der Waals surface area contributed by atoms with Gasteiger partial charge in [0.1, 0.15) is 5.75 Å². The molecule has 7 heteroatoms. The number of guanidine groups is 1. The van der Waals surface area contributed by atoms with E-state index < -0.39 is 0 Å². The van der Waals surface area contributed by atoms with Crippen LogP contribution in [0.3, 0.4) is 0 Å². The number of piperazine rings is 1. The predicted octanol–water partition coefficient (Wildman–Crippen LogP) is 1.38. The lowest BCUT2D eigenvalue weighted by molar-refractivity contribution is 0.369. The van der Waals surface area contributed by atoms with Crippen molar-refractivity contribution >= 4 is 11.6 Å². The van der Waals surface area contributed by atoms with Gasteiger partial charge in [-0.3, -0.25) is 4.99 Å². The highest BCUT2D eigenvalue weighted by Crippen LogP contribution is 2.27. The predicted molar refractivity (Wildman–Crippen MR) is 100 cm³/mol. The minimum atomic E-state index is 0.344. The molecular weight excluding hydrogens is 316 g/mol. The number of hydrogen-bond donors (Lipinski definition) is 2. The molecule has 25 heavy (non-hydrogen) atoms. The highest BCUT2D eigenvalue weighted by atomic mass is 16.3. The maximum Gasteiger partial charge on any atom is 0.194 e. The second-order valence-corrected chi connectivity index (χ2v) is 6.00. The molecule has 1 aromatic carbocycles. The maximum absolute atomic E-state index is 10.0. The van der Waals surface area contributed by atoms with Crippen molar-refractivity contribution in [1.29, 1.82) is 0 Å². The van der Waals surface area contributed by atoms with Crippen molar-refractivity contribution in [3.63, 3.8) is 0 Å². The number of phenolic OH excluding ortho intramolecular Hbond substituents is 1. The lowest BCUT2D eigenvalue weighted by atomic mass is 10.2. The number of aliphatic imine (C=N–C) groups is 1. The van der Waals surface area contributed by atoms with E-state index >= 15 is 0 Å². The smallest absolute Gasteiger partial charge is 0.194 e.